The second-order valence-electron chi connectivity index (χ2n) is 2.60. The van der Waals surface area contributed by atoms with E-state index in [2.05, 4.69) is 25.6 Å². The molecule has 2 heteroatoms. The molecule has 1 rings (SSSR count). The average Bonchev–Trinajstić information content (AvgIpc) is 2.36. The number of methoxy groups -OCH3 is 1. The summed E-state index contributed by atoms with van der Waals surface area (Å²) >= 11 is 0. The quantitative estimate of drug-likeness (QED) is 0.755. The Kier molecular flexibility index (Phi) is 13.3. The molecule has 0 N–H and O–H groups in total. The zero-order valence-corrected chi connectivity index (χ0v) is 10.2. The number of benzene rings is 1. The van der Waals surface area contributed by atoms with Crippen LogP contribution in [0.3, 0.4) is 0 Å². The molecule has 0 unspecified atom stereocenters. The van der Waals surface area contributed by atoms with Gasteiger partial charge in [-0.15, -0.1) is 0 Å². The number of rotatable bonds is 3. The maximum absolute atomic E-state index is 6.50. The summed E-state index contributed by atoms with van der Waals surface area (Å²) < 4.78 is 5.05. The van der Waals surface area contributed by atoms with Gasteiger partial charge in [0.05, 0.1) is 7.11 Å². The molecule has 0 heterocycles. The van der Waals surface area contributed by atoms with Crippen LogP contribution in [-0.2, 0) is 6.42 Å². The van der Waals surface area contributed by atoms with Crippen molar-refractivity contribution < 1.29 is 4.74 Å². The lowest BCUT2D eigenvalue weighted by Gasteiger charge is -2.00. The lowest BCUT2D eigenvalue weighted by Crippen LogP contribution is -1.84. The van der Waals surface area contributed by atoms with E-state index < -0.39 is 0 Å². The van der Waals surface area contributed by atoms with E-state index in [-0.39, 0.29) is 0 Å². The van der Waals surface area contributed by atoms with Crippen LogP contribution in [0.4, 0.5) is 0 Å². The maximum atomic E-state index is 6.50. The van der Waals surface area contributed by atoms with Gasteiger partial charge in [-0.05, 0) is 24.1 Å². The van der Waals surface area contributed by atoms with Gasteiger partial charge in [0, 0.05) is 6.57 Å². The van der Waals surface area contributed by atoms with E-state index >= 15 is 0 Å². The molecule has 1 aromatic carbocycles. The minimum Gasteiger partial charge on any atom is -0.497 e. The van der Waals surface area contributed by atoms with Crippen LogP contribution < -0.4 is 4.74 Å². The Balaban J connectivity index is 0. The summed E-state index contributed by atoms with van der Waals surface area (Å²) in [6, 6.07) is 8.24. The van der Waals surface area contributed by atoms with Crippen molar-refractivity contribution in [3.63, 3.8) is 0 Å². The highest BCUT2D eigenvalue weighted by Gasteiger charge is 1.91. The highest BCUT2D eigenvalue weighted by Crippen LogP contribution is 2.11. The molecule has 2 nitrogen and oxygen atoms in total. The van der Waals surface area contributed by atoms with Crippen LogP contribution in [0.25, 0.3) is 0 Å². The van der Waals surface area contributed by atoms with Gasteiger partial charge in [0.1, 0.15) is 5.75 Å². The fourth-order valence-electron chi connectivity index (χ4n) is 1.08. The standard InChI is InChI=1S/C10H14O.C2H6.CHN/c1-3-4-9-5-7-10(11-2)8-6-9;2*1-2/h5-8H,3-4H2,1-2H3;1-2H3;1H. The van der Waals surface area contributed by atoms with Gasteiger partial charge < -0.3 is 4.74 Å². The van der Waals surface area contributed by atoms with Crippen molar-refractivity contribution in [3.8, 4) is 12.3 Å². The normalized spacial score (nSPS) is 7.60. The zero-order chi connectivity index (χ0) is 12.1. The Morgan fingerprint density at radius 2 is 1.60 bits per heavy atom. The molecule has 1 aromatic rings. The highest BCUT2D eigenvalue weighted by molar-refractivity contribution is 5.27. The predicted molar refractivity (Wildman–Crippen MR) is 65.0 cm³/mol. The van der Waals surface area contributed by atoms with Crippen molar-refractivity contribution in [2.75, 3.05) is 7.11 Å². The number of ether oxygens (including phenoxy) is 1. The van der Waals surface area contributed by atoms with Crippen LogP contribution in [0.2, 0.25) is 0 Å². The first-order valence-corrected chi connectivity index (χ1v) is 5.25. The van der Waals surface area contributed by atoms with E-state index in [0.717, 1.165) is 12.2 Å². The minimum absolute atomic E-state index is 0.935. The molecule has 84 valence electrons. The van der Waals surface area contributed by atoms with E-state index in [9.17, 15) is 0 Å². The molecule has 0 fully saturated rings. The lowest BCUT2D eigenvalue weighted by molar-refractivity contribution is 0.414. The summed E-state index contributed by atoms with van der Waals surface area (Å²) in [5, 5.41) is 6.50. The molecule has 0 aromatic heterocycles. The van der Waals surface area contributed by atoms with Crippen molar-refractivity contribution in [2.24, 2.45) is 0 Å². The van der Waals surface area contributed by atoms with Gasteiger partial charge in [0.15, 0.2) is 0 Å². The first-order valence-electron chi connectivity index (χ1n) is 5.25. The van der Waals surface area contributed by atoms with Crippen LogP contribution in [0, 0.1) is 11.8 Å². The fourth-order valence-corrected chi connectivity index (χ4v) is 1.08. The minimum atomic E-state index is 0.935. The fraction of sp³-hybridized carbons (Fsp3) is 0.462. The van der Waals surface area contributed by atoms with Crippen LogP contribution in [0.1, 0.15) is 32.8 Å². The number of hydrogen-bond donors (Lipinski definition) is 0. The van der Waals surface area contributed by atoms with Crippen LogP contribution in [0.5, 0.6) is 5.75 Å². The molecule has 0 amide bonds. The average molecular weight is 207 g/mol. The summed E-state index contributed by atoms with van der Waals surface area (Å²) in [4.78, 5) is 0. The van der Waals surface area contributed by atoms with Crippen LogP contribution in [-0.4, -0.2) is 7.11 Å². The molecule has 0 bridgehead atoms. The SMILES string of the molecule is C#N.CC.CCCc1ccc(OC)cc1. The summed E-state index contributed by atoms with van der Waals surface area (Å²) in [5.41, 5.74) is 1.38. The molecule has 0 saturated carbocycles. The summed E-state index contributed by atoms with van der Waals surface area (Å²) in [7, 11) is 1.69. The Hall–Kier alpha value is -1.49. The summed E-state index contributed by atoms with van der Waals surface area (Å²) in [6.07, 6.45) is 2.36. The third-order valence-electron chi connectivity index (χ3n) is 1.70. The first-order chi connectivity index (χ1) is 7.36. The van der Waals surface area contributed by atoms with Gasteiger partial charge in [0.25, 0.3) is 0 Å². The van der Waals surface area contributed by atoms with Gasteiger partial charge in [0.2, 0.25) is 0 Å². The largest absolute Gasteiger partial charge is 0.497 e. The molecule has 0 aliphatic rings. The monoisotopic (exact) mass is 207 g/mol. The molecular weight excluding hydrogens is 186 g/mol. The second-order valence-corrected chi connectivity index (χ2v) is 2.60. The third kappa shape index (κ3) is 7.57. The van der Waals surface area contributed by atoms with Gasteiger partial charge >= 0.3 is 0 Å². The molecule has 15 heavy (non-hydrogen) atoms. The Labute approximate surface area is 93.5 Å². The van der Waals surface area contributed by atoms with Crippen molar-refractivity contribution in [1.82, 2.24) is 0 Å². The molecule has 0 aliphatic carbocycles. The summed E-state index contributed by atoms with van der Waals surface area (Å²) in [5.74, 6) is 0.935. The smallest absolute Gasteiger partial charge is 0.118 e. The number of aryl methyl sites for hydroxylation is 1. The van der Waals surface area contributed by atoms with Crippen LogP contribution >= 0.6 is 0 Å². The topological polar surface area (TPSA) is 33.0 Å². The number of nitriles is 1. The van der Waals surface area contributed by atoms with Gasteiger partial charge in [-0.1, -0.05) is 39.3 Å². The highest BCUT2D eigenvalue weighted by atomic mass is 16.5. The van der Waals surface area contributed by atoms with Gasteiger partial charge in [-0.25, -0.2) is 5.26 Å². The molecule has 0 spiro atoms. The van der Waals surface area contributed by atoms with Crippen molar-refractivity contribution >= 4 is 0 Å². The summed E-state index contributed by atoms with van der Waals surface area (Å²) in [6.45, 7) is 9.68. The molecule has 0 saturated heterocycles. The molecular formula is C13H21NO. The van der Waals surface area contributed by atoms with Crippen LogP contribution in [0.15, 0.2) is 24.3 Å². The molecule has 0 aliphatic heterocycles. The molecule has 0 atom stereocenters. The zero-order valence-electron chi connectivity index (χ0n) is 10.2. The van der Waals surface area contributed by atoms with E-state index in [1.165, 1.54) is 12.0 Å². The van der Waals surface area contributed by atoms with E-state index in [4.69, 9.17) is 10.00 Å². The van der Waals surface area contributed by atoms with Crippen molar-refractivity contribution in [1.29, 1.82) is 5.26 Å². The Morgan fingerprint density at radius 3 is 1.93 bits per heavy atom. The Bertz CT molecular complexity index is 238. The molecule has 0 radical (unpaired) electrons. The van der Waals surface area contributed by atoms with Gasteiger partial charge in [-0.2, -0.15) is 0 Å². The third-order valence-corrected chi connectivity index (χ3v) is 1.70. The number of hydrogen-bond acceptors (Lipinski definition) is 2. The first kappa shape index (κ1) is 16.0. The lowest BCUT2D eigenvalue weighted by atomic mass is 10.1. The van der Waals surface area contributed by atoms with Gasteiger partial charge in [-0.3, -0.25) is 0 Å². The van der Waals surface area contributed by atoms with E-state index in [1.807, 2.05) is 26.0 Å². The van der Waals surface area contributed by atoms with Crippen molar-refractivity contribution in [3.05, 3.63) is 29.8 Å². The second kappa shape index (κ2) is 12.5. The van der Waals surface area contributed by atoms with Crippen molar-refractivity contribution in [2.45, 2.75) is 33.6 Å². The number of nitrogens with zero attached hydrogens (tertiary/aromatic N) is 1. The van der Waals surface area contributed by atoms with E-state index in [0.29, 0.717) is 0 Å². The Morgan fingerprint density at radius 1 is 1.13 bits per heavy atom. The van der Waals surface area contributed by atoms with E-state index in [1.54, 1.807) is 7.11 Å². The predicted octanol–water partition coefficient (Wildman–Crippen LogP) is 3.81. The maximum Gasteiger partial charge on any atom is 0.118 e.